The van der Waals surface area contributed by atoms with E-state index < -0.39 is 17.4 Å². The van der Waals surface area contributed by atoms with Crippen molar-refractivity contribution in [3.05, 3.63) is 29.6 Å². The standard InChI is InChI=1S/C11H15N5O3/c1-11(2,10(13)18)15-9(17)7-4-3-6(5-14-7)8(12)16-19/h3-5,19H,1-2H3,(H2,12,16)(H2,13,18)(H,15,17). The molecular weight excluding hydrogens is 250 g/mol. The fraction of sp³-hybridized carbons (Fsp3) is 0.273. The summed E-state index contributed by atoms with van der Waals surface area (Å²) in [5.41, 5.74) is 9.78. The van der Waals surface area contributed by atoms with Crippen LogP contribution < -0.4 is 16.8 Å². The second-order valence-corrected chi connectivity index (χ2v) is 4.36. The van der Waals surface area contributed by atoms with Crippen molar-refractivity contribution in [2.45, 2.75) is 19.4 Å². The van der Waals surface area contributed by atoms with Gasteiger partial charge in [0.25, 0.3) is 5.91 Å². The Hall–Kier alpha value is -2.64. The molecule has 0 aliphatic rings. The molecule has 0 saturated carbocycles. The molecular formula is C11H15N5O3. The minimum atomic E-state index is -1.18. The Labute approximate surface area is 109 Å². The molecule has 19 heavy (non-hydrogen) atoms. The van der Waals surface area contributed by atoms with Crippen molar-refractivity contribution in [2.24, 2.45) is 16.6 Å². The quantitative estimate of drug-likeness (QED) is 0.243. The Balaban J connectivity index is 2.88. The number of primary amides is 1. The number of carbonyl (C=O) groups excluding carboxylic acids is 2. The predicted octanol–water partition coefficient (Wildman–Crippen LogP) is -0.830. The molecule has 1 heterocycles. The van der Waals surface area contributed by atoms with Crippen molar-refractivity contribution in [1.82, 2.24) is 10.3 Å². The molecule has 8 heteroatoms. The smallest absolute Gasteiger partial charge is 0.270 e. The van der Waals surface area contributed by atoms with Gasteiger partial charge in [-0.3, -0.25) is 14.6 Å². The molecule has 0 aliphatic heterocycles. The fourth-order valence-corrected chi connectivity index (χ4v) is 1.15. The van der Waals surface area contributed by atoms with Gasteiger partial charge in [0.2, 0.25) is 5.91 Å². The zero-order valence-electron chi connectivity index (χ0n) is 10.5. The van der Waals surface area contributed by atoms with E-state index in [0.29, 0.717) is 5.56 Å². The third-order valence-corrected chi connectivity index (χ3v) is 2.44. The topological polar surface area (TPSA) is 144 Å². The summed E-state index contributed by atoms with van der Waals surface area (Å²) in [7, 11) is 0. The van der Waals surface area contributed by atoms with Gasteiger partial charge in [0, 0.05) is 11.8 Å². The minimum absolute atomic E-state index is 0.0869. The van der Waals surface area contributed by atoms with Gasteiger partial charge in [-0.2, -0.15) is 0 Å². The van der Waals surface area contributed by atoms with Crippen LogP contribution in [0.4, 0.5) is 0 Å². The maximum Gasteiger partial charge on any atom is 0.270 e. The largest absolute Gasteiger partial charge is 0.409 e. The van der Waals surface area contributed by atoms with Gasteiger partial charge < -0.3 is 22.0 Å². The number of nitrogens with zero attached hydrogens (tertiary/aromatic N) is 2. The summed E-state index contributed by atoms with van der Waals surface area (Å²) in [6.07, 6.45) is 1.28. The Morgan fingerprint density at radius 1 is 1.37 bits per heavy atom. The van der Waals surface area contributed by atoms with Gasteiger partial charge >= 0.3 is 0 Å². The Morgan fingerprint density at radius 2 is 2.00 bits per heavy atom. The van der Waals surface area contributed by atoms with Crippen LogP contribution in [0.25, 0.3) is 0 Å². The third-order valence-electron chi connectivity index (χ3n) is 2.44. The SMILES string of the molecule is CC(C)(NC(=O)c1ccc(C(N)=NO)cn1)C(N)=O. The lowest BCUT2D eigenvalue weighted by Gasteiger charge is -2.21. The summed E-state index contributed by atoms with van der Waals surface area (Å²) in [5.74, 6) is -1.32. The summed E-state index contributed by atoms with van der Waals surface area (Å²) in [5, 5.41) is 13.7. The number of nitrogens with one attached hydrogen (secondary N) is 1. The van der Waals surface area contributed by atoms with Gasteiger partial charge in [0.1, 0.15) is 11.2 Å². The first-order chi connectivity index (χ1) is 8.77. The molecule has 0 fully saturated rings. The van der Waals surface area contributed by atoms with Crippen LogP contribution in [0.1, 0.15) is 29.9 Å². The van der Waals surface area contributed by atoms with Crippen molar-refractivity contribution in [3.63, 3.8) is 0 Å². The molecule has 0 unspecified atom stereocenters. The molecule has 0 aliphatic carbocycles. The van der Waals surface area contributed by atoms with E-state index in [1.165, 1.54) is 32.2 Å². The van der Waals surface area contributed by atoms with Crippen LogP contribution in [0.3, 0.4) is 0 Å². The van der Waals surface area contributed by atoms with Gasteiger partial charge in [-0.25, -0.2) is 0 Å². The van der Waals surface area contributed by atoms with Gasteiger partial charge in [-0.15, -0.1) is 0 Å². The molecule has 0 atom stereocenters. The van der Waals surface area contributed by atoms with E-state index in [2.05, 4.69) is 15.5 Å². The third kappa shape index (κ3) is 3.41. The Kier molecular flexibility index (Phi) is 4.05. The number of oxime groups is 1. The maximum absolute atomic E-state index is 11.8. The van der Waals surface area contributed by atoms with Crippen molar-refractivity contribution in [2.75, 3.05) is 0 Å². The molecule has 0 saturated heterocycles. The highest BCUT2D eigenvalue weighted by molar-refractivity contribution is 5.99. The lowest BCUT2D eigenvalue weighted by molar-refractivity contribution is -0.122. The number of amidine groups is 1. The van der Waals surface area contributed by atoms with Crippen LogP contribution in [-0.2, 0) is 4.79 Å². The van der Waals surface area contributed by atoms with Crippen LogP contribution in [0.15, 0.2) is 23.5 Å². The van der Waals surface area contributed by atoms with Crippen LogP contribution in [0, 0.1) is 0 Å². The fourth-order valence-electron chi connectivity index (χ4n) is 1.15. The van der Waals surface area contributed by atoms with Crippen molar-refractivity contribution in [3.8, 4) is 0 Å². The van der Waals surface area contributed by atoms with E-state index in [0.717, 1.165) is 0 Å². The molecule has 0 bridgehead atoms. The van der Waals surface area contributed by atoms with Gasteiger partial charge in [0.15, 0.2) is 5.84 Å². The monoisotopic (exact) mass is 265 g/mol. The second kappa shape index (κ2) is 5.34. The highest BCUT2D eigenvalue weighted by atomic mass is 16.4. The van der Waals surface area contributed by atoms with Crippen molar-refractivity contribution < 1.29 is 14.8 Å². The number of pyridine rings is 1. The molecule has 1 rings (SSSR count). The number of hydrogen-bond donors (Lipinski definition) is 4. The number of aromatic nitrogens is 1. The van der Waals surface area contributed by atoms with Crippen LogP contribution in [0.2, 0.25) is 0 Å². The molecule has 0 aromatic carbocycles. The highest BCUT2D eigenvalue weighted by Gasteiger charge is 2.27. The van der Waals surface area contributed by atoms with Crippen LogP contribution in [0.5, 0.6) is 0 Å². The second-order valence-electron chi connectivity index (χ2n) is 4.36. The predicted molar refractivity (Wildman–Crippen MR) is 67.5 cm³/mol. The van der Waals surface area contributed by atoms with Crippen LogP contribution >= 0.6 is 0 Å². The zero-order chi connectivity index (χ0) is 14.6. The Morgan fingerprint density at radius 3 is 2.42 bits per heavy atom. The summed E-state index contributed by atoms with van der Waals surface area (Å²) >= 11 is 0. The molecule has 102 valence electrons. The first kappa shape index (κ1) is 14.4. The summed E-state index contributed by atoms with van der Waals surface area (Å²) in [6.45, 7) is 2.97. The summed E-state index contributed by atoms with van der Waals surface area (Å²) < 4.78 is 0. The van der Waals surface area contributed by atoms with Gasteiger partial charge in [0.05, 0.1) is 0 Å². The van der Waals surface area contributed by atoms with E-state index in [-0.39, 0.29) is 11.5 Å². The molecule has 8 nitrogen and oxygen atoms in total. The first-order valence-electron chi connectivity index (χ1n) is 5.34. The molecule has 6 N–H and O–H groups in total. The number of rotatable bonds is 4. The first-order valence-corrected chi connectivity index (χ1v) is 5.34. The molecule has 0 spiro atoms. The average Bonchev–Trinajstić information content (AvgIpc) is 2.37. The van der Waals surface area contributed by atoms with Crippen molar-refractivity contribution >= 4 is 17.6 Å². The maximum atomic E-state index is 11.8. The Bertz CT molecular complexity index is 522. The summed E-state index contributed by atoms with van der Waals surface area (Å²) in [4.78, 5) is 26.8. The van der Waals surface area contributed by atoms with E-state index in [1.807, 2.05) is 0 Å². The summed E-state index contributed by atoms with van der Waals surface area (Å²) in [6, 6.07) is 2.86. The van der Waals surface area contributed by atoms with E-state index in [1.54, 1.807) is 0 Å². The lowest BCUT2D eigenvalue weighted by Crippen LogP contribution is -2.53. The number of nitrogens with two attached hydrogens (primary N) is 2. The average molecular weight is 265 g/mol. The van der Waals surface area contributed by atoms with Crippen LogP contribution in [-0.4, -0.2) is 33.4 Å². The van der Waals surface area contributed by atoms with Crippen molar-refractivity contribution in [1.29, 1.82) is 0 Å². The van der Waals surface area contributed by atoms with E-state index in [9.17, 15) is 9.59 Å². The lowest BCUT2D eigenvalue weighted by atomic mass is 10.0. The van der Waals surface area contributed by atoms with E-state index >= 15 is 0 Å². The normalized spacial score (nSPS) is 12.0. The molecule has 1 aromatic rings. The number of hydrogen-bond acceptors (Lipinski definition) is 5. The van der Waals surface area contributed by atoms with Gasteiger partial charge in [-0.1, -0.05) is 5.16 Å². The number of carbonyl (C=O) groups is 2. The molecule has 1 aromatic heterocycles. The number of amides is 2. The molecule has 2 amide bonds. The van der Waals surface area contributed by atoms with Gasteiger partial charge in [-0.05, 0) is 26.0 Å². The van der Waals surface area contributed by atoms with E-state index in [4.69, 9.17) is 16.7 Å². The molecule has 0 radical (unpaired) electrons. The zero-order valence-corrected chi connectivity index (χ0v) is 10.5. The highest BCUT2D eigenvalue weighted by Crippen LogP contribution is 2.05. The minimum Gasteiger partial charge on any atom is -0.409 e.